The molecule has 0 spiro atoms. The SMILES string of the molecule is CCC1CNc2c(C(N)=O)c(C(C)CCCC[C@@H](CC)CO)cc(C3=CCC/C=C(\OC)C=C3)c21. The van der Waals surface area contributed by atoms with Crippen LogP contribution in [0.4, 0.5) is 5.69 Å². The first-order valence-electron chi connectivity index (χ1n) is 13.4. The van der Waals surface area contributed by atoms with E-state index in [1.165, 1.54) is 16.7 Å². The molecule has 1 aromatic rings. The Balaban J connectivity index is 2.00. The third-order valence-electron chi connectivity index (χ3n) is 7.79. The highest BCUT2D eigenvalue weighted by atomic mass is 16.5. The molecule has 192 valence electrons. The van der Waals surface area contributed by atoms with Crippen LogP contribution in [0.3, 0.4) is 0 Å². The number of allylic oxidation sites excluding steroid dienone is 5. The van der Waals surface area contributed by atoms with Gasteiger partial charge in [-0.3, -0.25) is 4.79 Å². The average Bonchev–Trinajstić information content (AvgIpc) is 3.27. The average molecular weight is 481 g/mol. The largest absolute Gasteiger partial charge is 0.497 e. The number of unbranched alkanes of at least 4 members (excludes halogenated alkanes) is 1. The molecule has 1 aliphatic heterocycles. The van der Waals surface area contributed by atoms with Gasteiger partial charge in [0.1, 0.15) is 5.76 Å². The summed E-state index contributed by atoms with van der Waals surface area (Å²) in [5, 5.41) is 13.0. The fourth-order valence-electron chi connectivity index (χ4n) is 5.48. The van der Waals surface area contributed by atoms with Crippen molar-refractivity contribution in [2.75, 3.05) is 25.6 Å². The summed E-state index contributed by atoms with van der Waals surface area (Å²) in [6, 6.07) is 2.25. The molecule has 3 rings (SSSR count). The number of nitrogens with two attached hydrogens (primary N) is 1. The van der Waals surface area contributed by atoms with Crippen LogP contribution in [0.25, 0.3) is 5.57 Å². The lowest BCUT2D eigenvalue weighted by Crippen LogP contribution is -2.18. The maximum absolute atomic E-state index is 12.7. The van der Waals surface area contributed by atoms with Gasteiger partial charge in [-0.15, -0.1) is 0 Å². The van der Waals surface area contributed by atoms with Crippen molar-refractivity contribution in [3.63, 3.8) is 0 Å². The quantitative estimate of drug-likeness (QED) is 0.292. The van der Waals surface area contributed by atoms with Gasteiger partial charge in [0.25, 0.3) is 5.91 Å². The first kappa shape index (κ1) is 27.1. The number of ether oxygens (including phenoxy) is 1. The van der Waals surface area contributed by atoms with Crippen LogP contribution in [0.2, 0.25) is 0 Å². The monoisotopic (exact) mass is 480 g/mol. The van der Waals surface area contributed by atoms with Crippen molar-refractivity contribution in [2.24, 2.45) is 11.7 Å². The molecule has 5 heteroatoms. The molecule has 0 aromatic heterocycles. The Morgan fingerprint density at radius 2 is 1.94 bits per heavy atom. The highest BCUT2D eigenvalue weighted by molar-refractivity contribution is 6.03. The van der Waals surface area contributed by atoms with Crippen molar-refractivity contribution in [1.82, 2.24) is 0 Å². The molecule has 3 atom stereocenters. The summed E-state index contributed by atoms with van der Waals surface area (Å²) in [7, 11) is 1.71. The minimum atomic E-state index is -0.350. The fraction of sp³-hybridized carbons (Fsp3) is 0.567. The van der Waals surface area contributed by atoms with Crippen molar-refractivity contribution < 1.29 is 14.6 Å². The number of benzene rings is 1. The number of anilines is 1. The predicted molar refractivity (Wildman–Crippen MR) is 146 cm³/mol. The molecule has 1 heterocycles. The van der Waals surface area contributed by atoms with Crippen LogP contribution in [0.15, 0.2) is 36.1 Å². The first-order chi connectivity index (χ1) is 16.9. The molecule has 0 fully saturated rings. The molecular weight excluding hydrogens is 436 g/mol. The minimum absolute atomic E-state index is 0.214. The molecule has 0 radical (unpaired) electrons. The summed E-state index contributed by atoms with van der Waals surface area (Å²) in [4.78, 5) is 12.7. The molecule has 1 amide bonds. The van der Waals surface area contributed by atoms with E-state index in [1.54, 1.807) is 7.11 Å². The standard InChI is InChI=1S/C30H44N2O3/c1-5-21(19-33)12-8-7-11-20(3)25-17-26(23-13-9-10-14-24(35-4)16-15-23)27-22(6-2)18-32-29(27)28(25)30(31)34/h13-17,20-22,32-33H,5-12,18-19H2,1-4H3,(H2,31,34)/b16-15?,23-13?,24-14-/t20?,21-,22?/m1/s1. The molecule has 35 heavy (non-hydrogen) atoms. The van der Waals surface area contributed by atoms with Gasteiger partial charge < -0.3 is 20.9 Å². The maximum atomic E-state index is 12.7. The number of aliphatic hydroxyl groups is 1. The number of fused-ring (bicyclic) bond motifs is 1. The van der Waals surface area contributed by atoms with E-state index >= 15 is 0 Å². The third-order valence-corrected chi connectivity index (χ3v) is 7.79. The van der Waals surface area contributed by atoms with Crippen LogP contribution in [-0.2, 0) is 4.74 Å². The van der Waals surface area contributed by atoms with Crippen molar-refractivity contribution in [3.8, 4) is 0 Å². The van der Waals surface area contributed by atoms with Crippen LogP contribution in [0, 0.1) is 5.92 Å². The van der Waals surface area contributed by atoms with Crippen molar-refractivity contribution >= 4 is 17.2 Å². The molecular formula is C30H44N2O3. The lowest BCUT2D eigenvalue weighted by molar-refractivity contribution is 0.0999. The van der Waals surface area contributed by atoms with E-state index in [1.807, 2.05) is 6.08 Å². The summed E-state index contributed by atoms with van der Waals surface area (Å²) in [5.41, 5.74) is 12.3. The number of hydrogen-bond acceptors (Lipinski definition) is 4. The first-order valence-corrected chi connectivity index (χ1v) is 13.4. The second-order valence-electron chi connectivity index (χ2n) is 10.1. The lowest BCUT2D eigenvalue weighted by Gasteiger charge is -2.23. The van der Waals surface area contributed by atoms with E-state index in [0.29, 0.717) is 17.4 Å². The van der Waals surface area contributed by atoms with Gasteiger partial charge in [0.2, 0.25) is 0 Å². The number of rotatable bonds is 12. The number of hydrogen-bond donors (Lipinski definition) is 3. The Hall–Kier alpha value is -2.53. The van der Waals surface area contributed by atoms with Gasteiger partial charge in [0.15, 0.2) is 0 Å². The van der Waals surface area contributed by atoms with Gasteiger partial charge >= 0.3 is 0 Å². The highest BCUT2D eigenvalue weighted by Crippen LogP contribution is 2.45. The number of primary amides is 1. The van der Waals surface area contributed by atoms with Gasteiger partial charge in [0, 0.05) is 19.1 Å². The van der Waals surface area contributed by atoms with Crippen molar-refractivity contribution in [1.29, 1.82) is 0 Å². The van der Waals surface area contributed by atoms with Crippen LogP contribution >= 0.6 is 0 Å². The number of methoxy groups -OCH3 is 1. The summed E-state index contributed by atoms with van der Waals surface area (Å²) in [6.45, 7) is 7.64. The minimum Gasteiger partial charge on any atom is -0.497 e. The number of nitrogens with one attached hydrogen (secondary N) is 1. The number of carbonyl (C=O) groups excluding carboxylic acids is 1. The fourth-order valence-corrected chi connectivity index (χ4v) is 5.48. The normalized spacial score (nSPS) is 20.5. The molecule has 0 saturated heterocycles. The van der Waals surface area contributed by atoms with Crippen LogP contribution in [-0.4, -0.2) is 31.3 Å². The zero-order valence-corrected chi connectivity index (χ0v) is 22.0. The zero-order chi connectivity index (χ0) is 25.4. The molecule has 2 aliphatic rings. The third kappa shape index (κ3) is 6.38. The summed E-state index contributed by atoms with van der Waals surface area (Å²) >= 11 is 0. The van der Waals surface area contributed by atoms with E-state index in [2.05, 4.69) is 50.4 Å². The van der Waals surface area contributed by atoms with Crippen LogP contribution in [0.1, 0.15) is 111 Å². The summed E-state index contributed by atoms with van der Waals surface area (Å²) in [5.74, 6) is 1.48. The Labute approximate surface area is 211 Å². The highest BCUT2D eigenvalue weighted by Gasteiger charge is 2.32. The Morgan fingerprint density at radius 3 is 2.60 bits per heavy atom. The molecule has 0 saturated carbocycles. The van der Waals surface area contributed by atoms with E-state index in [-0.39, 0.29) is 18.4 Å². The number of aliphatic hydroxyl groups excluding tert-OH is 1. The number of amides is 1. The molecule has 1 aliphatic carbocycles. The molecule has 2 unspecified atom stereocenters. The van der Waals surface area contributed by atoms with Crippen molar-refractivity contribution in [2.45, 2.75) is 84.0 Å². The molecule has 4 N–H and O–H groups in total. The maximum Gasteiger partial charge on any atom is 0.251 e. The predicted octanol–water partition coefficient (Wildman–Crippen LogP) is 6.65. The van der Waals surface area contributed by atoms with Gasteiger partial charge in [-0.1, -0.05) is 52.2 Å². The lowest BCUT2D eigenvalue weighted by atomic mass is 9.81. The van der Waals surface area contributed by atoms with Crippen molar-refractivity contribution in [3.05, 3.63) is 58.4 Å². The smallest absolute Gasteiger partial charge is 0.251 e. The van der Waals surface area contributed by atoms with Crippen LogP contribution < -0.4 is 11.1 Å². The Bertz CT molecular complexity index is 972. The van der Waals surface area contributed by atoms with Gasteiger partial charge in [-0.2, -0.15) is 0 Å². The van der Waals surface area contributed by atoms with Gasteiger partial charge in [0.05, 0.1) is 18.4 Å². The van der Waals surface area contributed by atoms with Gasteiger partial charge in [-0.05, 0) is 84.4 Å². The van der Waals surface area contributed by atoms with E-state index in [0.717, 1.165) is 74.9 Å². The second kappa shape index (κ2) is 13.0. The topological polar surface area (TPSA) is 84.6 Å². The number of carbonyl (C=O) groups is 1. The second-order valence-corrected chi connectivity index (χ2v) is 10.1. The summed E-state index contributed by atoms with van der Waals surface area (Å²) < 4.78 is 5.50. The Kier molecular flexibility index (Phi) is 10.0. The Morgan fingerprint density at radius 1 is 1.20 bits per heavy atom. The summed E-state index contributed by atoms with van der Waals surface area (Å²) in [6.07, 6.45) is 16.7. The zero-order valence-electron chi connectivity index (χ0n) is 22.0. The van der Waals surface area contributed by atoms with E-state index < -0.39 is 0 Å². The van der Waals surface area contributed by atoms with Crippen LogP contribution in [0.5, 0.6) is 0 Å². The van der Waals surface area contributed by atoms with Gasteiger partial charge in [-0.25, -0.2) is 0 Å². The molecule has 0 bridgehead atoms. The molecule has 1 aromatic carbocycles. The van der Waals surface area contributed by atoms with E-state index in [9.17, 15) is 9.90 Å². The molecule has 5 nitrogen and oxygen atoms in total. The van der Waals surface area contributed by atoms with E-state index in [4.69, 9.17) is 10.5 Å².